The van der Waals surface area contributed by atoms with Gasteiger partial charge in [0.15, 0.2) is 15.8 Å². The van der Waals surface area contributed by atoms with Crippen molar-refractivity contribution in [3.8, 4) is 5.75 Å². The zero-order chi connectivity index (χ0) is 29.3. The molecule has 0 aliphatic carbocycles. The lowest BCUT2D eigenvalue weighted by atomic mass is 9.85. The quantitative estimate of drug-likeness (QED) is 0.333. The van der Waals surface area contributed by atoms with Gasteiger partial charge in [0.2, 0.25) is 4.91 Å². The number of thiophene rings is 2. The van der Waals surface area contributed by atoms with E-state index in [2.05, 4.69) is 15.0 Å². The number of aromatic hydroxyl groups is 1. The van der Waals surface area contributed by atoms with Crippen LogP contribution in [0.25, 0.3) is 0 Å². The second-order valence-corrected chi connectivity index (χ2v) is 15.6. The molecular formula is C24H34N4O7S4. The molecule has 15 heteroatoms. The average Bonchev–Trinajstić information content (AvgIpc) is 3.47. The van der Waals surface area contributed by atoms with Crippen LogP contribution in [0.4, 0.5) is 5.69 Å². The number of hydrogen-bond donors (Lipinski definition) is 3. The fourth-order valence-electron chi connectivity index (χ4n) is 3.95. The maximum absolute atomic E-state index is 13.1. The van der Waals surface area contributed by atoms with Crippen LogP contribution >= 0.6 is 22.7 Å². The minimum absolute atomic E-state index is 0.0569. The molecule has 0 amide bonds. The standard InChI is InChI=1S/C24H34N4O7S4/c1-8-28(9-2)39(33,34)23-18(29)15(13-36-23)25-21-17(19(22(30)35-10-3)38(31,32)27-21)26-20(24(5,6)7)16-12-11-14(4)37-16/h11-13,20,26,29H,8-10H2,1-7H3,(H,25,27)/t20-/m0/s1. The van der Waals surface area contributed by atoms with E-state index in [1.165, 1.54) is 21.0 Å². The first-order valence-electron chi connectivity index (χ1n) is 12.3. The van der Waals surface area contributed by atoms with Gasteiger partial charge < -0.3 is 20.5 Å². The van der Waals surface area contributed by atoms with Crippen LogP contribution in [0.1, 0.15) is 57.3 Å². The summed E-state index contributed by atoms with van der Waals surface area (Å²) in [6.45, 7) is 13.1. The van der Waals surface area contributed by atoms with Gasteiger partial charge in [0, 0.05) is 28.2 Å². The van der Waals surface area contributed by atoms with E-state index in [1.807, 2.05) is 39.8 Å². The van der Waals surface area contributed by atoms with Crippen molar-refractivity contribution >= 4 is 60.2 Å². The second-order valence-electron chi connectivity index (χ2n) is 9.73. The third-order valence-electron chi connectivity index (χ3n) is 5.86. The average molecular weight is 619 g/mol. The molecular weight excluding hydrogens is 585 g/mol. The van der Waals surface area contributed by atoms with Crippen molar-refractivity contribution in [3.63, 3.8) is 0 Å². The maximum atomic E-state index is 13.1. The Kier molecular flexibility index (Phi) is 9.22. The molecule has 3 N–H and O–H groups in total. The van der Waals surface area contributed by atoms with Crippen LogP contribution in [0.3, 0.4) is 0 Å². The van der Waals surface area contributed by atoms with E-state index in [9.17, 15) is 26.7 Å². The summed E-state index contributed by atoms with van der Waals surface area (Å²) in [4.78, 5) is 14.1. The molecule has 3 heterocycles. The topological polar surface area (TPSA) is 154 Å². The molecule has 1 aliphatic rings. The van der Waals surface area contributed by atoms with Crippen molar-refractivity contribution in [1.29, 1.82) is 0 Å². The smallest absolute Gasteiger partial charge is 0.354 e. The number of ether oxygens (including phenoxy) is 1. The van der Waals surface area contributed by atoms with E-state index in [4.69, 9.17) is 4.74 Å². The number of aryl methyl sites for hydroxylation is 1. The molecule has 0 saturated heterocycles. The van der Waals surface area contributed by atoms with Gasteiger partial charge in [-0.1, -0.05) is 34.6 Å². The Bertz CT molecular complexity index is 1510. The summed E-state index contributed by atoms with van der Waals surface area (Å²) < 4.78 is 61.9. The predicted molar refractivity (Wildman–Crippen MR) is 154 cm³/mol. The third kappa shape index (κ3) is 6.32. The Labute approximate surface area is 237 Å². The van der Waals surface area contributed by atoms with Gasteiger partial charge in [0.05, 0.1) is 18.3 Å². The fourth-order valence-corrected chi connectivity index (χ4v) is 9.11. The van der Waals surface area contributed by atoms with Gasteiger partial charge in [-0.3, -0.25) is 0 Å². The number of esters is 1. The summed E-state index contributed by atoms with van der Waals surface area (Å²) >= 11 is 2.31. The number of rotatable bonds is 10. The van der Waals surface area contributed by atoms with Crippen molar-refractivity contribution in [2.75, 3.05) is 25.0 Å². The largest absolute Gasteiger partial charge is 0.504 e. The number of carbonyl (C=O) groups is 1. The minimum Gasteiger partial charge on any atom is -0.504 e. The molecule has 3 rings (SSSR count). The van der Waals surface area contributed by atoms with Crippen LogP contribution in [-0.4, -0.2) is 57.7 Å². The second kappa shape index (κ2) is 11.6. The van der Waals surface area contributed by atoms with E-state index in [0.29, 0.717) is 0 Å². The highest BCUT2D eigenvalue weighted by Crippen LogP contribution is 2.41. The van der Waals surface area contributed by atoms with E-state index in [1.54, 1.807) is 20.8 Å². The molecule has 0 radical (unpaired) electrons. The molecule has 216 valence electrons. The van der Waals surface area contributed by atoms with Crippen LogP contribution in [0.15, 0.2) is 36.7 Å². The molecule has 2 aromatic heterocycles. The summed E-state index contributed by atoms with van der Waals surface area (Å²) in [5, 5.41) is 18.1. The van der Waals surface area contributed by atoms with Crippen LogP contribution in [0.2, 0.25) is 0 Å². The van der Waals surface area contributed by atoms with E-state index < -0.39 is 48.1 Å². The van der Waals surface area contributed by atoms with Gasteiger partial charge in [-0.25, -0.2) is 13.2 Å². The van der Waals surface area contributed by atoms with E-state index in [0.717, 1.165) is 21.1 Å². The van der Waals surface area contributed by atoms with Gasteiger partial charge in [-0.05, 0) is 31.4 Å². The van der Waals surface area contributed by atoms with Crippen LogP contribution in [0.5, 0.6) is 5.75 Å². The Balaban J connectivity index is 2.12. The van der Waals surface area contributed by atoms with Crippen molar-refractivity contribution in [3.05, 3.63) is 37.9 Å². The summed E-state index contributed by atoms with van der Waals surface area (Å²) in [5.74, 6) is -1.91. The Morgan fingerprint density at radius 3 is 2.36 bits per heavy atom. The fraction of sp³-hybridized carbons (Fsp3) is 0.500. The maximum Gasteiger partial charge on any atom is 0.354 e. The van der Waals surface area contributed by atoms with E-state index >= 15 is 0 Å². The van der Waals surface area contributed by atoms with Crippen molar-refractivity contribution in [2.24, 2.45) is 9.81 Å². The third-order valence-corrected chi connectivity index (χ3v) is 11.8. The highest BCUT2D eigenvalue weighted by Gasteiger charge is 2.42. The highest BCUT2D eigenvalue weighted by atomic mass is 32.2. The molecule has 11 nitrogen and oxygen atoms in total. The van der Waals surface area contributed by atoms with Crippen molar-refractivity contribution < 1.29 is 31.5 Å². The summed E-state index contributed by atoms with van der Waals surface area (Å²) in [6, 6.07) is 3.43. The number of carbonyl (C=O) groups excluding carboxylic acids is 1. The van der Waals surface area contributed by atoms with Gasteiger partial charge in [0.1, 0.15) is 5.70 Å². The van der Waals surface area contributed by atoms with Crippen LogP contribution in [-0.2, 0) is 29.6 Å². The molecule has 0 unspecified atom stereocenters. The first-order chi connectivity index (χ1) is 18.1. The molecule has 0 aromatic carbocycles. The first-order valence-corrected chi connectivity index (χ1v) is 16.8. The van der Waals surface area contributed by atoms with Gasteiger partial charge in [-0.2, -0.15) is 12.7 Å². The van der Waals surface area contributed by atoms with Gasteiger partial charge in [-0.15, -0.1) is 27.1 Å². The number of anilines is 1. The number of nitrogens with one attached hydrogen (secondary N) is 2. The van der Waals surface area contributed by atoms with E-state index in [-0.39, 0.29) is 41.1 Å². The Morgan fingerprint density at radius 1 is 1.21 bits per heavy atom. The lowest BCUT2D eigenvalue weighted by Gasteiger charge is -2.32. The van der Waals surface area contributed by atoms with Gasteiger partial charge >= 0.3 is 5.97 Å². The summed E-state index contributed by atoms with van der Waals surface area (Å²) in [6.07, 6.45) is 0. The van der Waals surface area contributed by atoms with Crippen LogP contribution in [0, 0.1) is 12.3 Å². The molecule has 0 fully saturated rings. The Morgan fingerprint density at radius 2 is 1.85 bits per heavy atom. The zero-order valence-electron chi connectivity index (χ0n) is 22.9. The highest BCUT2D eigenvalue weighted by molar-refractivity contribution is 7.95. The van der Waals surface area contributed by atoms with Gasteiger partial charge in [0.25, 0.3) is 20.0 Å². The zero-order valence-corrected chi connectivity index (χ0v) is 26.1. The number of amidine groups is 1. The monoisotopic (exact) mass is 618 g/mol. The summed E-state index contributed by atoms with van der Waals surface area (Å²) in [5.41, 5.74) is -0.626. The molecule has 2 aromatic rings. The molecule has 1 aliphatic heterocycles. The first kappa shape index (κ1) is 31.1. The Hall–Kier alpha value is -2.46. The normalized spacial score (nSPS) is 16.4. The molecule has 1 atom stereocenters. The number of nitrogens with zero attached hydrogens (tertiary/aromatic N) is 2. The molecule has 39 heavy (non-hydrogen) atoms. The molecule has 0 bridgehead atoms. The number of hydrogen-bond acceptors (Lipinski definition) is 11. The SMILES string of the molecule is CCOC(=O)C1=C(N[C@@H](c2ccc(C)s2)C(C)(C)C)C(Nc2csc(S(=O)(=O)N(CC)CC)c2O)=NS1(=O)=O. The number of sulfonamides is 2. The van der Waals surface area contributed by atoms with Crippen molar-refractivity contribution in [1.82, 2.24) is 9.62 Å². The lowest BCUT2D eigenvalue weighted by molar-refractivity contribution is -0.137. The van der Waals surface area contributed by atoms with Crippen LogP contribution < -0.4 is 10.6 Å². The lowest BCUT2D eigenvalue weighted by Crippen LogP contribution is -2.36. The minimum atomic E-state index is -4.48. The summed E-state index contributed by atoms with van der Waals surface area (Å²) in [7, 11) is -8.47. The predicted octanol–water partition coefficient (Wildman–Crippen LogP) is 4.16. The molecule has 0 saturated carbocycles. The van der Waals surface area contributed by atoms with Crippen molar-refractivity contribution in [2.45, 2.75) is 58.7 Å². The molecule has 0 spiro atoms.